The SMILES string of the molecule is O=C(CC1CC(=O)N(Cc2ccccc2)C1)NCC(F)(F)F. The molecule has 1 atom stereocenters. The maximum absolute atomic E-state index is 12.0. The van der Waals surface area contributed by atoms with E-state index in [4.69, 9.17) is 0 Å². The van der Waals surface area contributed by atoms with Gasteiger partial charge in [0.05, 0.1) is 0 Å². The fourth-order valence-electron chi connectivity index (χ4n) is 2.48. The molecule has 2 amide bonds. The van der Waals surface area contributed by atoms with Gasteiger partial charge in [-0.25, -0.2) is 0 Å². The lowest BCUT2D eigenvalue weighted by Gasteiger charge is -2.16. The van der Waals surface area contributed by atoms with Crippen LogP contribution in [0.3, 0.4) is 0 Å². The Morgan fingerprint density at radius 2 is 1.95 bits per heavy atom. The monoisotopic (exact) mass is 314 g/mol. The number of benzene rings is 1. The molecule has 4 nitrogen and oxygen atoms in total. The van der Waals surface area contributed by atoms with Crippen molar-refractivity contribution in [2.75, 3.05) is 13.1 Å². The van der Waals surface area contributed by atoms with Gasteiger partial charge >= 0.3 is 6.18 Å². The molecule has 0 aromatic heterocycles. The summed E-state index contributed by atoms with van der Waals surface area (Å²) in [7, 11) is 0. The molecule has 1 fully saturated rings. The largest absolute Gasteiger partial charge is 0.405 e. The van der Waals surface area contributed by atoms with E-state index in [1.165, 1.54) is 0 Å². The van der Waals surface area contributed by atoms with E-state index < -0.39 is 18.6 Å². The highest BCUT2D eigenvalue weighted by molar-refractivity contribution is 5.81. The predicted molar refractivity (Wildman–Crippen MR) is 73.6 cm³/mol. The van der Waals surface area contributed by atoms with E-state index in [1.54, 1.807) is 4.90 Å². The molecule has 1 saturated heterocycles. The maximum atomic E-state index is 12.0. The van der Waals surface area contributed by atoms with Crippen LogP contribution in [0, 0.1) is 5.92 Å². The number of carbonyl (C=O) groups excluding carboxylic acids is 2. The van der Waals surface area contributed by atoms with Crippen molar-refractivity contribution in [3.63, 3.8) is 0 Å². The van der Waals surface area contributed by atoms with Gasteiger partial charge in [-0.1, -0.05) is 30.3 Å². The Morgan fingerprint density at radius 3 is 2.59 bits per heavy atom. The molecule has 0 bridgehead atoms. The lowest BCUT2D eigenvalue weighted by molar-refractivity contribution is -0.138. The number of rotatable bonds is 5. The first-order valence-corrected chi connectivity index (χ1v) is 6.98. The minimum absolute atomic E-state index is 0.0624. The Bertz CT molecular complexity index is 531. The second-order valence-electron chi connectivity index (χ2n) is 5.43. The van der Waals surface area contributed by atoms with Crippen molar-refractivity contribution in [2.45, 2.75) is 25.6 Å². The molecular weight excluding hydrogens is 297 g/mol. The van der Waals surface area contributed by atoms with Gasteiger partial charge in [0.25, 0.3) is 0 Å². The molecule has 2 rings (SSSR count). The zero-order valence-corrected chi connectivity index (χ0v) is 11.9. The number of carbonyl (C=O) groups is 2. The van der Waals surface area contributed by atoms with E-state index in [-0.39, 0.29) is 24.7 Å². The number of halogens is 3. The lowest BCUT2D eigenvalue weighted by Crippen LogP contribution is -2.35. The van der Waals surface area contributed by atoms with Gasteiger partial charge in [0.2, 0.25) is 11.8 Å². The molecule has 1 N–H and O–H groups in total. The highest BCUT2D eigenvalue weighted by Crippen LogP contribution is 2.23. The third-order valence-electron chi connectivity index (χ3n) is 3.47. The summed E-state index contributed by atoms with van der Waals surface area (Å²) in [6, 6.07) is 9.42. The first-order valence-electron chi connectivity index (χ1n) is 6.98. The second kappa shape index (κ2) is 6.81. The van der Waals surface area contributed by atoms with E-state index in [2.05, 4.69) is 0 Å². The van der Waals surface area contributed by atoms with Gasteiger partial charge in [-0.05, 0) is 11.5 Å². The van der Waals surface area contributed by atoms with E-state index >= 15 is 0 Å². The van der Waals surface area contributed by atoms with Crippen LogP contribution >= 0.6 is 0 Å². The van der Waals surface area contributed by atoms with Crippen LogP contribution < -0.4 is 5.32 Å². The van der Waals surface area contributed by atoms with E-state index in [0.29, 0.717) is 13.1 Å². The van der Waals surface area contributed by atoms with Crippen LogP contribution in [-0.2, 0) is 16.1 Å². The average Bonchev–Trinajstić information content (AvgIpc) is 2.77. The van der Waals surface area contributed by atoms with Crippen LogP contribution in [0.25, 0.3) is 0 Å². The van der Waals surface area contributed by atoms with E-state index in [9.17, 15) is 22.8 Å². The van der Waals surface area contributed by atoms with E-state index in [0.717, 1.165) is 5.56 Å². The van der Waals surface area contributed by atoms with Gasteiger partial charge in [0.1, 0.15) is 6.54 Å². The van der Waals surface area contributed by atoms with Crippen molar-refractivity contribution in [3.8, 4) is 0 Å². The molecule has 1 aromatic rings. The van der Waals surface area contributed by atoms with Crippen LogP contribution in [0.2, 0.25) is 0 Å². The fraction of sp³-hybridized carbons (Fsp3) is 0.467. The first-order chi connectivity index (χ1) is 10.3. The molecule has 0 radical (unpaired) electrons. The van der Waals surface area contributed by atoms with Gasteiger partial charge in [-0.3, -0.25) is 9.59 Å². The minimum Gasteiger partial charge on any atom is -0.347 e. The van der Waals surface area contributed by atoms with E-state index in [1.807, 2.05) is 35.6 Å². The zero-order valence-electron chi connectivity index (χ0n) is 11.9. The third-order valence-corrected chi connectivity index (χ3v) is 3.47. The van der Waals surface area contributed by atoms with Crippen molar-refractivity contribution in [3.05, 3.63) is 35.9 Å². The molecular formula is C15H17F3N2O2. The van der Waals surface area contributed by atoms with Crippen LogP contribution in [0.15, 0.2) is 30.3 Å². The number of alkyl halides is 3. The summed E-state index contributed by atoms with van der Waals surface area (Å²) in [6.07, 6.45) is -4.28. The second-order valence-corrected chi connectivity index (χ2v) is 5.43. The number of likely N-dealkylation sites (tertiary alicyclic amines) is 1. The fourth-order valence-corrected chi connectivity index (χ4v) is 2.48. The summed E-state index contributed by atoms with van der Waals surface area (Å²) in [6.45, 7) is -0.478. The van der Waals surface area contributed by atoms with Gasteiger partial charge in [-0.2, -0.15) is 13.2 Å². The molecule has 1 unspecified atom stereocenters. The molecule has 7 heteroatoms. The first kappa shape index (κ1) is 16.3. The number of nitrogens with one attached hydrogen (secondary N) is 1. The number of hydrogen-bond donors (Lipinski definition) is 1. The Labute approximate surface area is 126 Å². The van der Waals surface area contributed by atoms with Crippen LogP contribution in [-0.4, -0.2) is 36.0 Å². The topological polar surface area (TPSA) is 49.4 Å². The van der Waals surface area contributed by atoms with Crippen molar-refractivity contribution in [2.24, 2.45) is 5.92 Å². The Balaban J connectivity index is 1.81. The molecule has 0 aliphatic carbocycles. The van der Waals surface area contributed by atoms with Gasteiger partial charge < -0.3 is 10.2 Å². The van der Waals surface area contributed by atoms with Crippen molar-refractivity contribution < 1.29 is 22.8 Å². The molecule has 1 heterocycles. The smallest absolute Gasteiger partial charge is 0.347 e. The normalized spacial score (nSPS) is 18.6. The zero-order chi connectivity index (χ0) is 16.2. The highest BCUT2D eigenvalue weighted by atomic mass is 19.4. The molecule has 1 aromatic carbocycles. The summed E-state index contributed by atoms with van der Waals surface area (Å²) in [5, 5.41) is 1.84. The third kappa shape index (κ3) is 5.05. The highest BCUT2D eigenvalue weighted by Gasteiger charge is 2.32. The van der Waals surface area contributed by atoms with Crippen molar-refractivity contribution in [1.29, 1.82) is 0 Å². The maximum Gasteiger partial charge on any atom is 0.405 e. The molecule has 1 aliphatic rings. The lowest BCUT2D eigenvalue weighted by atomic mass is 10.0. The molecule has 1 aliphatic heterocycles. The summed E-state index contributed by atoms with van der Waals surface area (Å²) in [4.78, 5) is 25.0. The summed E-state index contributed by atoms with van der Waals surface area (Å²) >= 11 is 0. The molecule has 120 valence electrons. The van der Waals surface area contributed by atoms with Crippen LogP contribution in [0.5, 0.6) is 0 Å². The Morgan fingerprint density at radius 1 is 1.27 bits per heavy atom. The number of hydrogen-bond acceptors (Lipinski definition) is 2. The van der Waals surface area contributed by atoms with Crippen LogP contribution in [0.1, 0.15) is 18.4 Å². The molecule has 22 heavy (non-hydrogen) atoms. The molecule has 0 saturated carbocycles. The summed E-state index contributed by atoms with van der Waals surface area (Å²) in [5.41, 5.74) is 0.984. The standard InChI is InChI=1S/C15H17F3N2O2/c16-15(17,18)10-19-13(21)6-12-7-14(22)20(9-12)8-11-4-2-1-3-5-11/h1-5,12H,6-10H2,(H,19,21). The number of nitrogens with zero attached hydrogens (tertiary/aromatic N) is 1. The van der Waals surface area contributed by atoms with Crippen LogP contribution in [0.4, 0.5) is 13.2 Å². The average molecular weight is 314 g/mol. The summed E-state index contributed by atoms with van der Waals surface area (Å²) in [5.74, 6) is -0.974. The predicted octanol–water partition coefficient (Wildman–Crippen LogP) is 2.10. The van der Waals surface area contributed by atoms with Gasteiger partial charge in [-0.15, -0.1) is 0 Å². The minimum atomic E-state index is -4.42. The quantitative estimate of drug-likeness (QED) is 0.905. The molecule has 0 spiro atoms. The summed E-state index contributed by atoms with van der Waals surface area (Å²) < 4.78 is 36.1. The Kier molecular flexibility index (Phi) is 5.05. The van der Waals surface area contributed by atoms with Crippen molar-refractivity contribution >= 4 is 11.8 Å². The Hall–Kier alpha value is -2.05. The number of amides is 2. The van der Waals surface area contributed by atoms with Gasteiger partial charge in [0, 0.05) is 25.9 Å². The van der Waals surface area contributed by atoms with Gasteiger partial charge in [0.15, 0.2) is 0 Å². The van der Waals surface area contributed by atoms with Crippen molar-refractivity contribution in [1.82, 2.24) is 10.2 Å².